The van der Waals surface area contributed by atoms with Crippen LogP contribution in [0.3, 0.4) is 0 Å². The first-order valence-corrected chi connectivity index (χ1v) is 6.73. The van der Waals surface area contributed by atoms with Gasteiger partial charge in [-0.3, -0.25) is 0 Å². The highest BCUT2D eigenvalue weighted by atomic mass is 35.5. The Morgan fingerprint density at radius 1 is 1.11 bits per heavy atom. The quantitative estimate of drug-likeness (QED) is 0.902. The zero-order valence-corrected chi connectivity index (χ0v) is 12.3. The van der Waals surface area contributed by atoms with Crippen LogP contribution in [0.4, 0.5) is 11.4 Å². The standard InChI is InChI=1S/C16H19ClN2/c1-12-6-4-5-7-15(12)19(3)16-9-8-14(17)10-13(16)11-18-2/h4-10,18H,11H2,1-3H3. The fourth-order valence-electron chi connectivity index (χ4n) is 2.28. The summed E-state index contributed by atoms with van der Waals surface area (Å²) in [5.74, 6) is 0. The molecule has 0 saturated heterocycles. The van der Waals surface area contributed by atoms with Gasteiger partial charge in [-0.25, -0.2) is 0 Å². The van der Waals surface area contributed by atoms with Crippen molar-refractivity contribution >= 4 is 23.0 Å². The Balaban J connectivity index is 2.43. The van der Waals surface area contributed by atoms with E-state index < -0.39 is 0 Å². The molecule has 0 aliphatic carbocycles. The predicted molar refractivity (Wildman–Crippen MR) is 83.5 cm³/mol. The van der Waals surface area contributed by atoms with E-state index in [-0.39, 0.29) is 0 Å². The Bertz CT molecular complexity index is 566. The molecule has 0 aromatic heterocycles. The highest BCUT2D eigenvalue weighted by Gasteiger charge is 2.11. The second kappa shape index (κ2) is 6.09. The van der Waals surface area contributed by atoms with Crippen molar-refractivity contribution in [1.82, 2.24) is 5.32 Å². The summed E-state index contributed by atoms with van der Waals surface area (Å²) in [6.45, 7) is 2.92. The molecule has 1 N–H and O–H groups in total. The van der Waals surface area contributed by atoms with Crippen LogP contribution in [-0.2, 0) is 6.54 Å². The number of benzene rings is 2. The first-order chi connectivity index (χ1) is 9.13. The van der Waals surface area contributed by atoms with Crippen LogP contribution in [0.5, 0.6) is 0 Å². The molecule has 2 aromatic rings. The average Bonchev–Trinajstić information content (AvgIpc) is 2.39. The van der Waals surface area contributed by atoms with E-state index in [1.54, 1.807) is 0 Å². The van der Waals surface area contributed by atoms with Gasteiger partial charge in [0.1, 0.15) is 0 Å². The smallest absolute Gasteiger partial charge is 0.0454 e. The molecule has 0 amide bonds. The summed E-state index contributed by atoms with van der Waals surface area (Å²) in [6.07, 6.45) is 0. The predicted octanol–water partition coefficient (Wildman–Crippen LogP) is 4.14. The summed E-state index contributed by atoms with van der Waals surface area (Å²) in [6, 6.07) is 14.4. The van der Waals surface area contributed by atoms with Gasteiger partial charge in [0.25, 0.3) is 0 Å². The molecule has 3 heteroatoms. The van der Waals surface area contributed by atoms with Crippen molar-refractivity contribution in [1.29, 1.82) is 0 Å². The highest BCUT2D eigenvalue weighted by molar-refractivity contribution is 6.30. The fraction of sp³-hybridized carbons (Fsp3) is 0.250. The third-order valence-electron chi connectivity index (χ3n) is 3.25. The largest absolute Gasteiger partial charge is 0.344 e. The highest BCUT2D eigenvalue weighted by Crippen LogP contribution is 2.30. The zero-order valence-electron chi connectivity index (χ0n) is 11.6. The van der Waals surface area contributed by atoms with E-state index in [4.69, 9.17) is 11.6 Å². The van der Waals surface area contributed by atoms with Gasteiger partial charge >= 0.3 is 0 Å². The van der Waals surface area contributed by atoms with Gasteiger partial charge in [0, 0.05) is 30.0 Å². The Kier molecular flexibility index (Phi) is 4.46. The van der Waals surface area contributed by atoms with Crippen LogP contribution in [0, 0.1) is 6.92 Å². The molecule has 0 aliphatic rings. The van der Waals surface area contributed by atoms with Crippen LogP contribution in [0.15, 0.2) is 42.5 Å². The maximum absolute atomic E-state index is 6.09. The summed E-state index contributed by atoms with van der Waals surface area (Å²) in [5.41, 5.74) is 4.84. The van der Waals surface area contributed by atoms with Gasteiger partial charge in [0.05, 0.1) is 0 Å². The molecule has 0 atom stereocenters. The van der Waals surface area contributed by atoms with E-state index in [1.807, 2.05) is 19.2 Å². The summed E-state index contributed by atoms with van der Waals surface area (Å²) in [4.78, 5) is 2.21. The van der Waals surface area contributed by atoms with E-state index in [0.717, 1.165) is 11.6 Å². The molecule has 0 spiro atoms. The first kappa shape index (κ1) is 13.9. The molecular weight excluding hydrogens is 256 g/mol. The minimum absolute atomic E-state index is 0.771. The molecule has 2 aromatic carbocycles. The van der Waals surface area contributed by atoms with Gasteiger partial charge in [-0.05, 0) is 49.4 Å². The number of rotatable bonds is 4. The van der Waals surface area contributed by atoms with E-state index in [2.05, 4.69) is 54.5 Å². The lowest BCUT2D eigenvalue weighted by Crippen LogP contribution is -2.15. The van der Waals surface area contributed by atoms with Crippen LogP contribution in [0.1, 0.15) is 11.1 Å². The average molecular weight is 275 g/mol. The van der Waals surface area contributed by atoms with Crippen molar-refractivity contribution in [3.05, 3.63) is 58.6 Å². The van der Waals surface area contributed by atoms with Crippen molar-refractivity contribution in [2.45, 2.75) is 13.5 Å². The number of halogens is 1. The first-order valence-electron chi connectivity index (χ1n) is 6.36. The molecule has 100 valence electrons. The Labute approximate surface area is 120 Å². The van der Waals surface area contributed by atoms with Crippen molar-refractivity contribution < 1.29 is 0 Å². The molecule has 0 unspecified atom stereocenters. The number of nitrogens with one attached hydrogen (secondary N) is 1. The van der Waals surface area contributed by atoms with E-state index in [9.17, 15) is 0 Å². The van der Waals surface area contributed by atoms with Crippen LogP contribution in [0.25, 0.3) is 0 Å². The van der Waals surface area contributed by atoms with Gasteiger partial charge in [-0.2, -0.15) is 0 Å². The molecule has 0 saturated carbocycles. The lowest BCUT2D eigenvalue weighted by molar-refractivity contribution is 0.816. The number of aryl methyl sites for hydroxylation is 1. The number of hydrogen-bond donors (Lipinski definition) is 1. The molecule has 19 heavy (non-hydrogen) atoms. The molecule has 2 nitrogen and oxygen atoms in total. The Morgan fingerprint density at radius 3 is 2.53 bits per heavy atom. The van der Waals surface area contributed by atoms with Gasteiger partial charge in [-0.15, -0.1) is 0 Å². The number of hydrogen-bond acceptors (Lipinski definition) is 2. The van der Waals surface area contributed by atoms with Crippen molar-refractivity contribution in [3.63, 3.8) is 0 Å². The van der Waals surface area contributed by atoms with Gasteiger partial charge in [-0.1, -0.05) is 29.8 Å². The minimum Gasteiger partial charge on any atom is -0.344 e. The third-order valence-corrected chi connectivity index (χ3v) is 3.48. The zero-order chi connectivity index (χ0) is 13.8. The molecule has 0 radical (unpaired) electrons. The fourth-order valence-corrected chi connectivity index (χ4v) is 2.48. The molecule has 0 heterocycles. The Hall–Kier alpha value is -1.51. The molecule has 0 fully saturated rings. The van der Waals surface area contributed by atoms with E-state index >= 15 is 0 Å². The van der Waals surface area contributed by atoms with Crippen LogP contribution in [0.2, 0.25) is 5.02 Å². The number of nitrogens with zero attached hydrogens (tertiary/aromatic N) is 1. The van der Waals surface area contributed by atoms with Crippen LogP contribution < -0.4 is 10.2 Å². The summed E-state index contributed by atoms with van der Waals surface area (Å²) < 4.78 is 0. The molecule has 0 bridgehead atoms. The molecule has 0 aliphatic heterocycles. The monoisotopic (exact) mass is 274 g/mol. The van der Waals surface area contributed by atoms with Gasteiger partial charge in [0.2, 0.25) is 0 Å². The maximum atomic E-state index is 6.09. The van der Waals surface area contributed by atoms with Crippen molar-refractivity contribution in [3.8, 4) is 0 Å². The Morgan fingerprint density at radius 2 is 1.84 bits per heavy atom. The minimum atomic E-state index is 0.771. The van der Waals surface area contributed by atoms with Crippen LogP contribution >= 0.6 is 11.6 Å². The van der Waals surface area contributed by atoms with Crippen LogP contribution in [-0.4, -0.2) is 14.1 Å². The lowest BCUT2D eigenvalue weighted by Gasteiger charge is -2.24. The van der Waals surface area contributed by atoms with Gasteiger partial charge in [0.15, 0.2) is 0 Å². The molecular formula is C16H19ClN2. The van der Waals surface area contributed by atoms with Crippen molar-refractivity contribution in [2.24, 2.45) is 0 Å². The van der Waals surface area contributed by atoms with Gasteiger partial charge < -0.3 is 10.2 Å². The van der Waals surface area contributed by atoms with Crippen molar-refractivity contribution in [2.75, 3.05) is 19.0 Å². The second-order valence-corrected chi connectivity index (χ2v) is 5.09. The molecule has 2 rings (SSSR count). The second-order valence-electron chi connectivity index (χ2n) is 4.65. The number of anilines is 2. The summed E-state index contributed by atoms with van der Waals surface area (Å²) in [7, 11) is 4.03. The normalized spacial score (nSPS) is 10.5. The third kappa shape index (κ3) is 3.09. The lowest BCUT2D eigenvalue weighted by atomic mass is 10.1. The summed E-state index contributed by atoms with van der Waals surface area (Å²) in [5, 5.41) is 3.96. The SMILES string of the molecule is CNCc1cc(Cl)ccc1N(C)c1ccccc1C. The van der Waals surface area contributed by atoms with E-state index in [0.29, 0.717) is 0 Å². The summed E-state index contributed by atoms with van der Waals surface area (Å²) >= 11 is 6.09. The van der Waals surface area contributed by atoms with E-state index in [1.165, 1.54) is 22.5 Å². The topological polar surface area (TPSA) is 15.3 Å². The maximum Gasteiger partial charge on any atom is 0.0454 e. The number of para-hydroxylation sites is 1.